The zero-order valence-corrected chi connectivity index (χ0v) is 20.3. The Bertz CT molecular complexity index is 1130. The van der Waals surface area contributed by atoms with Gasteiger partial charge in [0.1, 0.15) is 0 Å². The molecule has 1 aliphatic heterocycles. The van der Waals surface area contributed by atoms with E-state index in [2.05, 4.69) is 30.7 Å². The molecule has 1 saturated heterocycles. The third-order valence-electron chi connectivity index (χ3n) is 4.74. The molecule has 0 radical (unpaired) electrons. The first-order valence-corrected chi connectivity index (χ1v) is 13.7. The third kappa shape index (κ3) is 7.09. The second-order valence-corrected chi connectivity index (χ2v) is 11.6. The predicted molar refractivity (Wildman–Crippen MR) is 123 cm³/mol. The minimum absolute atomic E-state index is 0.0794. The highest BCUT2D eigenvalue weighted by Crippen LogP contribution is 2.17. The lowest BCUT2D eigenvalue weighted by Crippen LogP contribution is -2.31. The summed E-state index contributed by atoms with van der Waals surface area (Å²) in [4.78, 5) is 12.3. The normalized spacial score (nSPS) is 16.7. The summed E-state index contributed by atoms with van der Waals surface area (Å²) in [5, 5.41) is 2.62. The molecule has 0 aliphatic carbocycles. The van der Waals surface area contributed by atoms with Crippen molar-refractivity contribution >= 4 is 47.6 Å². The molecule has 0 bridgehead atoms. The summed E-state index contributed by atoms with van der Waals surface area (Å²) in [6.07, 6.45) is 1.56. The number of carbonyl (C=O) groups is 1. The number of hydrogen-bond acceptors (Lipinski definition) is 6. The van der Waals surface area contributed by atoms with Crippen LogP contribution in [0.4, 0.5) is 5.69 Å². The van der Waals surface area contributed by atoms with E-state index in [9.17, 15) is 21.6 Å². The molecular weight excluding hydrogens is 522 g/mol. The summed E-state index contributed by atoms with van der Waals surface area (Å²) in [5.74, 6) is -0.407. The van der Waals surface area contributed by atoms with Gasteiger partial charge in [-0.1, -0.05) is 15.9 Å². The number of halogens is 1. The molecule has 2 aromatic carbocycles. The van der Waals surface area contributed by atoms with Crippen LogP contribution in [0.5, 0.6) is 0 Å². The molecule has 9 nitrogen and oxygen atoms in total. The Hall–Kier alpha value is -1.83. The molecule has 2 aromatic rings. The van der Waals surface area contributed by atoms with Crippen molar-refractivity contribution in [3.05, 3.63) is 53.0 Å². The molecule has 3 N–H and O–H groups in total. The van der Waals surface area contributed by atoms with E-state index in [1.165, 1.54) is 36.4 Å². The monoisotopic (exact) mass is 545 g/mol. The van der Waals surface area contributed by atoms with E-state index < -0.39 is 26.0 Å². The van der Waals surface area contributed by atoms with Crippen molar-refractivity contribution in [1.29, 1.82) is 0 Å². The van der Waals surface area contributed by atoms with Gasteiger partial charge in [-0.2, -0.15) is 0 Å². The fraction of sp³-hybridized carbons (Fsp3) is 0.350. The first-order chi connectivity index (χ1) is 15.2. The highest BCUT2D eigenvalue weighted by molar-refractivity contribution is 9.10. The zero-order valence-electron chi connectivity index (χ0n) is 17.1. The van der Waals surface area contributed by atoms with Crippen molar-refractivity contribution < 1.29 is 26.4 Å². The smallest absolute Gasteiger partial charge is 0.240 e. The highest BCUT2D eigenvalue weighted by Gasteiger charge is 2.20. The van der Waals surface area contributed by atoms with Gasteiger partial charge in [-0.05, 0) is 61.4 Å². The van der Waals surface area contributed by atoms with Crippen LogP contribution in [0.3, 0.4) is 0 Å². The standard InChI is InChI=1S/C20H24BrN3O6S2/c21-15-3-7-18(8-4-15)31(26,27)22-12-11-20(25)24-16-5-9-19(10-6-16)32(28,29)23-14-17-2-1-13-30-17/h3-10,17,22-23H,1-2,11-14H2,(H,24,25). The average molecular weight is 546 g/mol. The Balaban J connectivity index is 1.47. The summed E-state index contributed by atoms with van der Waals surface area (Å²) in [7, 11) is -7.39. The Labute approximate surface area is 196 Å². The first-order valence-electron chi connectivity index (χ1n) is 9.92. The Morgan fingerprint density at radius 3 is 2.12 bits per heavy atom. The van der Waals surface area contributed by atoms with Crippen molar-refractivity contribution in [2.45, 2.75) is 35.2 Å². The zero-order chi connectivity index (χ0) is 23.2. The SMILES string of the molecule is O=C(CCNS(=O)(=O)c1ccc(Br)cc1)Nc1ccc(S(=O)(=O)NCC2CCCO2)cc1. The number of rotatable bonds is 10. The van der Waals surface area contributed by atoms with Gasteiger partial charge in [-0.25, -0.2) is 26.3 Å². The molecule has 1 unspecified atom stereocenters. The molecule has 1 fully saturated rings. The van der Waals surface area contributed by atoms with Gasteiger partial charge in [0.05, 0.1) is 15.9 Å². The summed E-state index contributed by atoms with van der Waals surface area (Å²) < 4.78 is 60.3. The number of sulfonamides is 2. The first kappa shape index (κ1) is 24.8. The van der Waals surface area contributed by atoms with Gasteiger partial charge in [0.2, 0.25) is 26.0 Å². The largest absolute Gasteiger partial charge is 0.377 e. The summed E-state index contributed by atoms with van der Waals surface area (Å²) in [6, 6.07) is 11.9. The molecule has 174 valence electrons. The minimum Gasteiger partial charge on any atom is -0.377 e. The van der Waals surface area contributed by atoms with Crippen LogP contribution in [0.2, 0.25) is 0 Å². The van der Waals surface area contributed by atoms with Crippen LogP contribution in [0.25, 0.3) is 0 Å². The van der Waals surface area contributed by atoms with Gasteiger partial charge >= 0.3 is 0 Å². The number of anilines is 1. The molecule has 1 atom stereocenters. The molecule has 1 amide bonds. The van der Waals surface area contributed by atoms with Gasteiger partial charge < -0.3 is 10.1 Å². The number of nitrogens with one attached hydrogen (secondary N) is 3. The fourth-order valence-electron chi connectivity index (χ4n) is 3.03. The van der Waals surface area contributed by atoms with E-state index in [1.807, 2.05) is 0 Å². The number of ether oxygens (including phenoxy) is 1. The number of carbonyl (C=O) groups excluding carboxylic acids is 1. The summed E-state index contributed by atoms with van der Waals surface area (Å²) >= 11 is 3.24. The maximum absolute atomic E-state index is 12.4. The lowest BCUT2D eigenvalue weighted by atomic mass is 10.2. The van der Waals surface area contributed by atoms with Crippen LogP contribution < -0.4 is 14.8 Å². The second kappa shape index (κ2) is 10.9. The highest BCUT2D eigenvalue weighted by atomic mass is 79.9. The second-order valence-electron chi connectivity index (χ2n) is 7.16. The Kier molecular flexibility index (Phi) is 8.42. The van der Waals surface area contributed by atoms with E-state index in [0.717, 1.165) is 17.3 Å². The lowest BCUT2D eigenvalue weighted by Gasteiger charge is -2.12. The molecule has 32 heavy (non-hydrogen) atoms. The van der Waals surface area contributed by atoms with Crippen LogP contribution in [-0.2, 0) is 29.6 Å². The molecule has 12 heteroatoms. The molecule has 0 aromatic heterocycles. The van der Waals surface area contributed by atoms with Crippen molar-refractivity contribution in [3.8, 4) is 0 Å². The molecule has 0 spiro atoms. The van der Waals surface area contributed by atoms with E-state index in [0.29, 0.717) is 12.3 Å². The Morgan fingerprint density at radius 1 is 0.938 bits per heavy atom. The topological polar surface area (TPSA) is 131 Å². The maximum atomic E-state index is 12.4. The summed E-state index contributed by atoms with van der Waals surface area (Å²) in [6.45, 7) is 0.785. The van der Waals surface area contributed by atoms with Gasteiger partial charge in [0.15, 0.2) is 0 Å². The van der Waals surface area contributed by atoms with Crippen LogP contribution in [0.15, 0.2) is 62.8 Å². The molecule has 0 saturated carbocycles. The Morgan fingerprint density at radius 2 is 1.53 bits per heavy atom. The summed E-state index contributed by atoms with van der Waals surface area (Å²) in [5.41, 5.74) is 0.406. The predicted octanol–water partition coefficient (Wildman–Crippen LogP) is 2.21. The molecular formula is C20H24BrN3O6S2. The van der Waals surface area contributed by atoms with E-state index in [1.54, 1.807) is 12.1 Å². The van der Waals surface area contributed by atoms with E-state index in [-0.39, 0.29) is 35.4 Å². The minimum atomic E-state index is -3.71. The number of hydrogen-bond donors (Lipinski definition) is 3. The third-order valence-corrected chi connectivity index (χ3v) is 8.19. The average Bonchev–Trinajstić information content (AvgIpc) is 3.27. The van der Waals surface area contributed by atoms with Gasteiger partial charge in [0, 0.05) is 36.3 Å². The van der Waals surface area contributed by atoms with E-state index in [4.69, 9.17) is 4.74 Å². The number of benzene rings is 2. The van der Waals surface area contributed by atoms with Gasteiger partial charge in [0.25, 0.3) is 0 Å². The van der Waals surface area contributed by atoms with Gasteiger partial charge in [-0.3, -0.25) is 4.79 Å². The number of amides is 1. The van der Waals surface area contributed by atoms with Crippen molar-refractivity contribution in [2.24, 2.45) is 0 Å². The lowest BCUT2D eigenvalue weighted by molar-refractivity contribution is -0.116. The van der Waals surface area contributed by atoms with Crippen molar-refractivity contribution in [1.82, 2.24) is 9.44 Å². The molecule has 1 heterocycles. The van der Waals surface area contributed by atoms with Gasteiger partial charge in [-0.15, -0.1) is 0 Å². The van der Waals surface area contributed by atoms with E-state index >= 15 is 0 Å². The van der Waals surface area contributed by atoms with Crippen LogP contribution >= 0.6 is 15.9 Å². The maximum Gasteiger partial charge on any atom is 0.240 e. The quantitative estimate of drug-likeness (QED) is 0.419. The van der Waals surface area contributed by atoms with Crippen LogP contribution in [0, 0.1) is 0 Å². The molecule has 1 aliphatic rings. The van der Waals surface area contributed by atoms with Crippen LogP contribution in [0.1, 0.15) is 19.3 Å². The van der Waals surface area contributed by atoms with Crippen molar-refractivity contribution in [3.63, 3.8) is 0 Å². The van der Waals surface area contributed by atoms with Crippen molar-refractivity contribution in [2.75, 3.05) is 25.0 Å². The fourth-order valence-corrected chi connectivity index (χ4v) is 5.39. The molecule has 3 rings (SSSR count). The van der Waals surface area contributed by atoms with Crippen LogP contribution in [-0.4, -0.2) is 48.5 Å².